The minimum absolute atomic E-state index is 0.202. The maximum absolute atomic E-state index is 13.1. The molecule has 2 fully saturated rings. The van der Waals surface area contributed by atoms with Crippen LogP contribution in [0.1, 0.15) is 17.2 Å². The van der Waals surface area contributed by atoms with E-state index in [0.717, 1.165) is 22.3 Å². The van der Waals surface area contributed by atoms with Crippen molar-refractivity contribution in [3.8, 4) is 11.1 Å². The fraction of sp³-hybridized carbons (Fsp3) is 0.381. The summed E-state index contributed by atoms with van der Waals surface area (Å²) in [6, 6.07) is 15.5. The smallest absolute Gasteiger partial charge is 0.411 e. The van der Waals surface area contributed by atoms with Gasteiger partial charge in [0.15, 0.2) is 6.10 Å². The molecule has 6 nitrogen and oxygen atoms in total. The molecule has 27 heavy (non-hydrogen) atoms. The average molecular weight is 367 g/mol. The van der Waals surface area contributed by atoms with Crippen LogP contribution in [0.4, 0.5) is 4.79 Å². The summed E-state index contributed by atoms with van der Waals surface area (Å²) < 4.78 is 17.0. The van der Waals surface area contributed by atoms with Crippen LogP contribution >= 0.6 is 0 Å². The number of amides is 1. The van der Waals surface area contributed by atoms with Crippen LogP contribution in [0.3, 0.4) is 0 Å². The molecule has 4 atom stereocenters. The lowest BCUT2D eigenvalue weighted by molar-refractivity contribution is -0.0110. The number of nitrogens with zero attached hydrogens (tertiary/aromatic N) is 1. The summed E-state index contributed by atoms with van der Waals surface area (Å²) >= 11 is 0. The predicted octanol–water partition coefficient (Wildman–Crippen LogP) is 2.35. The molecular weight excluding hydrogens is 346 g/mol. The number of likely N-dealkylation sites (tertiary alicyclic amines) is 1. The first-order valence-corrected chi connectivity index (χ1v) is 9.17. The van der Waals surface area contributed by atoms with Gasteiger partial charge in [-0.15, -0.1) is 0 Å². The van der Waals surface area contributed by atoms with Crippen LogP contribution in [0.2, 0.25) is 0 Å². The zero-order valence-corrected chi connectivity index (χ0v) is 14.9. The Morgan fingerprint density at radius 2 is 1.74 bits per heavy atom. The van der Waals surface area contributed by atoms with Crippen molar-refractivity contribution in [1.29, 1.82) is 0 Å². The third kappa shape index (κ3) is 2.48. The number of hydrogen-bond acceptors (Lipinski definition) is 5. The number of carbonyl (C=O) groups is 1. The van der Waals surface area contributed by atoms with Crippen molar-refractivity contribution in [2.24, 2.45) is 0 Å². The van der Waals surface area contributed by atoms with Crippen LogP contribution in [-0.2, 0) is 14.2 Å². The molecule has 2 aliphatic heterocycles. The normalized spacial score (nSPS) is 28.7. The van der Waals surface area contributed by atoms with Crippen LogP contribution in [0.5, 0.6) is 0 Å². The third-order valence-corrected chi connectivity index (χ3v) is 5.83. The van der Waals surface area contributed by atoms with E-state index in [4.69, 9.17) is 14.2 Å². The highest BCUT2D eigenvalue weighted by molar-refractivity contribution is 5.80. The molecule has 0 spiro atoms. The molecule has 0 unspecified atom stereocenters. The van der Waals surface area contributed by atoms with Crippen LogP contribution in [0.15, 0.2) is 48.5 Å². The number of ether oxygens (including phenoxy) is 3. The molecule has 2 aromatic rings. The van der Waals surface area contributed by atoms with Crippen LogP contribution < -0.4 is 0 Å². The largest absolute Gasteiger partial charge is 0.436 e. The van der Waals surface area contributed by atoms with Gasteiger partial charge in [-0.3, -0.25) is 4.90 Å². The molecule has 1 amide bonds. The van der Waals surface area contributed by atoms with Gasteiger partial charge in [-0.25, -0.2) is 4.79 Å². The molecule has 0 bridgehead atoms. The Labute approximate surface area is 157 Å². The molecule has 1 N–H and O–H groups in total. The number of benzene rings is 2. The molecule has 3 aliphatic rings. The van der Waals surface area contributed by atoms with Gasteiger partial charge in [0, 0.05) is 18.2 Å². The van der Waals surface area contributed by atoms with E-state index in [2.05, 4.69) is 0 Å². The van der Waals surface area contributed by atoms with E-state index in [9.17, 15) is 9.90 Å². The van der Waals surface area contributed by atoms with Crippen LogP contribution in [0, 0.1) is 0 Å². The molecule has 1 aliphatic carbocycles. The zero-order chi connectivity index (χ0) is 18.5. The summed E-state index contributed by atoms with van der Waals surface area (Å²) in [5.41, 5.74) is 4.14. The van der Waals surface area contributed by atoms with Crippen molar-refractivity contribution in [3.05, 3.63) is 59.7 Å². The second-order valence-corrected chi connectivity index (χ2v) is 7.22. The van der Waals surface area contributed by atoms with Crippen molar-refractivity contribution in [3.63, 3.8) is 0 Å². The Hall–Kier alpha value is -2.41. The van der Waals surface area contributed by atoms with Crippen LogP contribution in [0.25, 0.3) is 11.1 Å². The van der Waals surface area contributed by atoms with Gasteiger partial charge in [0.1, 0.15) is 18.3 Å². The van der Waals surface area contributed by atoms with E-state index < -0.39 is 24.3 Å². The molecule has 2 saturated heterocycles. The standard InChI is InChI=1S/C21H21NO5/c1-25-17-10-22(18-16(23)11-26-20(17)18)21(24)27-19-14-8-4-2-6-12(14)13-7-3-5-9-15(13)19/h2-9,16-20,23H,10-11H2,1H3/t16-,17-,18+,20+/m0/s1. The van der Waals surface area contributed by atoms with E-state index in [1.54, 1.807) is 12.0 Å². The van der Waals surface area contributed by atoms with Gasteiger partial charge < -0.3 is 19.3 Å². The molecule has 0 aromatic heterocycles. The van der Waals surface area contributed by atoms with E-state index in [1.807, 2.05) is 48.5 Å². The Morgan fingerprint density at radius 3 is 2.37 bits per heavy atom. The summed E-state index contributed by atoms with van der Waals surface area (Å²) in [5.74, 6) is 0. The number of rotatable bonds is 2. The monoisotopic (exact) mass is 367 g/mol. The van der Waals surface area contributed by atoms with Crippen molar-refractivity contribution >= 4 is 6.09 Å². The number of carbonyl (C=O) groups excluding carboxylic acids is 1. The fourth-order valence-electron chi connectivity index (χ4n) is 4.57. The molecule has 2 heterocycles. The summed E-state index contributed by atoms with van der Waals surface area (Å²) in [4.78, 5) is 14.6. The van der Waals surface area contributed by atoms with Gasteiger partial charge in [0.25, 0.3) is 0 Å². The van der Waals surface area contributed by atoms with Crippen molar-refractivity contribution in [1.82, 2.24) is 4.90 Å². The zero-order valence-electron chi connectivity index (χ0n) is 14.9. The first kappa shape index (κ1) is 16.7. The molecule has 140 valence electrons. The Morgan fingerprint density at radius 1 is 1.11 bits per heavy atom. The number of fused-ring (bicyclic) bond motifs is 4. The quantitative estimate of drug-likeness (QED) is 0.883. The molecule has 2 aromatic carbocycles. The number of aliphatic hydroxyl groups is 1. The second-order valence-electron chi connectivity index (χ2n) is 7.22. The van der Waals surface area contributed by atoms with Crippen molar-refractivity contribution in [2.45, 2.75) is 30.5 Å². The molecule has 5 rings (SSSR count). The number of methoxy groups -OCH3 is 1. The third-order valence-electron chi connectivity index (χ3n) is 5.83. The van der Waals surface area contributed by atoms with E-state index in [0.29, 0.717) is 6.54 Å². The van der Waals surface area contributed by atoms with Crippen molar-refractivity contribution < 1.29 is 24.1 Å². The maximum Gasteiger partial charge on any atom is 0.411 e. The highest BCUT2D eigenvalue weighted by Gasteiger charge is 2.53. The Kier molecular flexibility index (Phi) is 3.93. The predicted molar refractivity (Wildman–Crippen MR) is 97.2 cm³/mol. The number of aliphatic hydroxyl groups excluding tert-OH is 1. The minimum atomic E-state index is -0.731. The highest BCUT2D eigenvalue weighted by atomic mass is 16.6. The topological polar surface area (TPSA) is 68.2 Å². The minimum Gasteiger partial charge on any atom is -0.436 e. The molecule has 6 heteroatoms. The summed E-state index contributed by atoms with van der Waals surface area (Å²) in [6.45, 7) is 0.547. The average Bonchev–Trinajstić information content (AvgIpc) is 3.35. The molecule has 0 saturated carbocycles. The van der Waals surface area contributed by atoms with Crippen LogP contribution in [-0.4, -0.2) is 60.7 Å². The highest BCUT2D eigenvalue weighted by Crippen LogP contribution is 2.45. The lowest BCUT2D eigenvalue weighted by Crippen LogP contribution is -2.44. The van der Waals surface area contributed by atoms with Gasteiger partial charge in [-0.2, -0.15) is 0 Å². The SMILES string of the molecule is CO[C@H]1CN(C(=O)OC2c3ccccc3-c3ccccc32)[C@H]2[C@@H]1OC[C@@H]2O. The van der Waals surface area contributed by atoms with Crippen molar-refractivity contribution in [2.75, 3.05) is 20.3 Å². The Balaban J connectivity index is 1.45. The molecule has 0 radical (unpaired) electrons. The van der Waals surface area contributed by atoms with Gasteiger partial charge in [0.05, 0.1) is 19.2 Å². The summed E-state index contributed by atoms with van der Waals surface area (Å²) in [5, 5.41) is 10.3. The van der Waals surface area contributed by atoms with Gasteiger partial charge in [0.2, 0.25) is 0 Å². The maximum atomic E-state index is 13.1. The summed E-state index contributed by atoms with van der Waals surface area (Å²) in [6.07, 6.45) is -2.22. The lowest BCUT2D eigenvalue weighted by atomic mass is 10.1. The van der Waals surface area contributed by atoms with E-state index in [-0.39, 0.29) is 18.8 Å². The fourth-order valence-corrected chi connectivity index (χ4v) is 4.57. The van der Waals surface area contributed by atoms with E-state index >= 15 is 0 Å². The lowest BCUT2D eigenvalue weighted by Gasteiger charge is -2.26. The van der Waals surface area contributed by atoms with Gasteiger partial charge in [-0.1, -0.05) is 48.5 Å². The summed E-state index contributed by atoms with van der Waals surface area (Å²) in [7, 11) is 1.59. The molecular formula is C21H21NO5. The number of hydrogen-bond donors (Lipinski definition) is 1. The second kappa shape index (κ2) is 6.34. The first-order chi connectivity index (χ1) is 13.2. The van der Waals surface area contributed by atoms with Gasteiger partial charge in [-0.05, 0) is 11.1 Å². The Bertz CT molecular complexity index is 839. The van der Waals surface area contributed by atoms with Gasteiger partial charge >= 0.3 is 6.09 Å². The first-order valence-electron chi connectivity index (χ1n) is 9.17. The van der Waals surface area contributed by atoms with E-state index in [1.165, 1.54) is 0 Å².